The number of aromatic nitrogens is 2. The summed E-state index contributed by atoms with van der Waals surface area (Å²) in [6, 6.07) is 6.60. The van der Waals surface area contributed by atoms with Crippen molar-refractivity contribution in [2.45, 2.75) is 6.92 Å². The molecule has 0 saturated carbocycles. The van der Waals surface area contributed by atoms with Gasteiger partial charge in [-0.15, -0.1) is 0 Å². The topological polar surface area (TPSA) is 68.0 Å². The molecule has 136 valence electrons. The second kappa shape index (κ2) is 6.71. The van der Waals surface area contributed by atoms with Crippen LogP contribution in [-0.4, -0.2) is 15.9 Å². The normalized spacial score (nSPS) is 11.1. The summed E-state index contributed by atoms with van der Waals surface area (Å²) in [5.74, 6) is -2.26. The summed E-state index contributed by atoms with van der Waals surface area (Å²) < 4.78 is 33.0. The molecule has 0 fully saturated rings. The lowest BCUT2D eigenvalue weighted by molar-refractivity contribution is 0.101. The van der Waals surface area contributed by atoms with Crippen molar-refractivity contribution in [3.8, 4) is 10.6 Å². The molecule has 0 bridgehead atoms. The molecule has 0 unspecified atom stereocenters. The minimum absolute atomic E-state index is 0.322. The van der Waals surface area contributed by atoms with Crippen molar-refractivity contribution in [2.24, 2.45) is 0 Å². The number of benzene rings is 2. The zero-order valence-corrected chi connectivity index (χ0v) is 15.3. The molecule has 4 aromatic rings. The molecule has 0 saturated heterocycles. The fourth-order valence-corrected chi connectivity index (χ4v) is 3.72. The molecular weight excluding hydrogens is 396 g/mol. The molecule has 0 aliphatic heterocycles. The van der Waals surface area contributed by atoms with Crippen LogP contribution in [0.3, 0.4) is 0 Å². The molecule has 2 heterocycles. The molecular formula is C18H10ClF2N3O2S. The van der Waals surface area contributed by atoms with Gasteiger partial charge in [0.1, 0.15) is 32.7 Å². The maximum atomic E-state index is 13.7. The van der Waals surface area contributed by atoms with Crippen molar-refractivity contribution in [2.75, 3.05) is 5.32 Å². The van der Waals surface area contributed by atoms with Gasteiger partial charge < -0.3 is 9.73 Å². The number of nitrogens with one attached hydrogen (secondary N) is 1. The smallest absolute Gasteiger partial charge is 0.262 e. The maximum absolute atomic E-state index is 13.7. The minimum atomic E-state index is -0.938. The molecule has 0 atom stereocenters. The van der Waals surface area contributed by atoms with E-state index in [0.717, 1.165) is 23.5 Å². The number of hydrogen-bond acceptors (Lipinski definition) is 5. The number of carbonyl (C=O) groups is 1. The number of fused-ring (bicyclic) bond motifs is 1. The molecule has 27 heavy (non-hydrogen) atoms. The van der Waals surface area contributed by atoms with E-state index in [1.165, 1.54) is 12.3 Å². The fraction of sp³-hybridized carbons (Fsp3) is 0.0556. The van der Waals surface area contributed by atoms with Crippen molar-refractivity contribution in [1.29, 1.82) is 0 Å². The Bertz CT molecular complexity index is 1170. The monoisotopic (exact) mass is 405 g/mol. The summed E-state index contributed by atoms with van der Waals surface area (Å²) in [6.45, 7) is 1.73. The minimum Gasteiger partial charge on any atom is -0.441 e. The fourth-order valence-electron chi connectivity index (χ4n) is 2.57. The number of thiazole rings is 1. The maximum Gasteiger partial charge on any atom is 0.262 e. The number of halogens is 3. The Hall–Kier alpha value is -2.84. The van der Waals surface area contributed by atoms with Gasteiger partial charge in [0.15, 0.2) is 11.5 Å². The Labute approximate surface area is 160 Å². The van der Waals surface area contributed by atoms with Crippen LogP contribution in [0, 0.1) is 18.6 Å². The van der Waals surface area contributed by atoms with Crippen LogP contribution in [0.2, 0.25) is 5.02 Å². The molecule has 1 amide bonds. The molecule has 9 heteroatoms. The first-order valence-corrected chi connectivity index (χ1v) is 8.90. The Kier molecular flexibility index (Phi) is 4.37. The highest BCUT2D eigenvalue weighted by molar-refractivity contribution is 7.19. The van der Waals surface area contributed by atoms with Gasteiger partial charge in [0, 0.05) is 12.5 Å². The average Bonchev–Trinajstić information content (AvgIpc) is 3.19. The van der Waals surface area contributed by atoms with Crippen LogP contribution in [0.5, 0.6) is 0 Å². The summed E-state index contributed by atoms with van der Waals surface area (Å²) in [7, 11) is 0. The third-order valence-electron chi connectivity index (χ3n) is 3.75. The van der Waals surface area contributed by atoms with Crippen molar-refractivity contribution < 1.29 is 18.0 Å². The van der Waals surface area contributed by atoms with Gasteiger partial charge in [0.05, 0.1) is 11.2 Å². The lowest BCUT2D eigenvalue weighted by Gasteiger charge is -2.04. The summed E-state index contributed by atoms with van der Waals surface area (Å²) in [5, 5.41) is 3.70. The predicted octanol–water partition coefficient (Wildman–Crippen LogP) is 5.44. The third-order valence-corrected chi connectivity index (χ3v) is 5.01. The van der Waals surface area contributed by atoms with E-state index in [0.29, 0.717) is 37.6 Å². The van der Waals surface area contributed by atoms with Crippen LogP contribution in [0.25, 0.3) is 21.7 Å². The molecule has 5 nitrogen and oxygen atoms in total. The van der Waals surface area contributed by atoms with Gasteiger partial charge in [-0.05, 0) is 24.3 Å². The number of aryl methyl sites for hydroxylation is 1. The number of anilines is 1. The quantitative estimate of drug-likeness (QED) is 0.492. The Balaban J connectivity index is 1.64. The van der Waals surface area contributed by atoms with E-state index in [1.54, 1.807) is 19.1 Å². The van der Waals surface area contributed by atoms with E-state index in [9.17, 15) is 13.6 Å². The van der Waals surface area contributed by atoms with Crippen LogP contribution in [0.15, 0.2) is 40.9 Å². The number of rotatable bonds is 3. The van der Waals surface area contributed by atoms with Gasteiger partial charge in [0.2, 0.25) is 0 Å². The third kappa shape index (κ3) is 3.29. The Morgan fingerprint density at radius 2 is 2.00 bits per heavy atom. The predicted molar refractivity (Wildman–Crippen MR) is 99.2 cm³/mol. The van der Waals surface area contributed by atoms with Gasteiger partial charge in [0.25, 0.3) is 5.91 Å². The molecule has 0 spiro atoms. The van der Waals surface area contributed by atoms with E-state index in [-0.39, 0.29) is 0 Å². The summed E-state index contributed by atoms with van der Waals surface area (Å²) in [4.78, 5) is 20.6. The van der Waals surface area contributed by atoms with Gasteiger partial charge in [-0.1, -0.05) is 29.0 Å². The van der Waals surface area contributed by atoms with Crippen LogP contribution >= 0.6 is 22.9 Å². The first kappa shape index (κ1) is 17.6. The van der Waals surface area contributed by atoms with Crippen molar-refractivity contribution in [3.63, 3.8) is 0 Å². The summed E-state index contributed by atoms with van der Waals surface area (Å²) in [6.07, 6.45) is 1.39. The highest BCUT2D eigenvalue weighted by Gasteiger charge is 2.19. The second-order valence-corrected chi connectivity index (χ2v) is 7.05. The lowest BCUT2D eigenvalue weighted by atomic mass is 10.2. The zero-order chi connectivity index (χ0) is 19.1. The number of nitrogens with zero attached hydrogens (tertiary/aromatic N) is 2. The lowest BCUT2D eigenvalue weighted by Crippen LogP contribution is -2.15. The highest BCUT2D eigenvalue weighted by Crippen LogP contribution is 2.36. The van der Waals surface area contributed by atoms with E-state index < -0.39 is 23.1 Å². The number of hydrogen-bond donors (Lipinski definition) is 1. The van der Waals surface area contributed by atoms with Crippen molar-refractivity contribution >= 4 is 44.9 Å². The summed E-state index contributed by atoms with van der Waals surface area (Å²) >= 11 is 7.41. The molecule has 0 radical (unpaired) electrons. The molecule has 0 aliphatic rings. The second-order valence-electron chi connectivity index (χ2n) is 5.61. The standard InChI is InChI=1S/C18H10ClF2N3O2S/c1-8-23-13-6-10(19)9(5-14(13)26-8)18-22-7-15(27-18)24-17(25)16-11(20)3-2-4-12(16)21/h2-7H,1H3,(H,24,25). The number of oxazole rings is 1. The summed E-state index contributed by atoms with van der Waals surface area (Å²) in [5.41, 5.74) is 1.13. The van der Waals surface area contributed by atoms with Crippen molar-refractivity contribution in [1.82, 2.24) is 9.97 Å². The SMILES string of the molecule is Cc1nc2cc(Cl)c(-c3ncc(NC(=O)c4c(F)cccc4F)s3)cc2o1. The van der Waals surface area contributed by atoms with E-state index >= 15 is 0 Å². The molecule has 2 aromatic carbocycles. The molecule has 1 N–H and O–H groups in total. The van der Waals surface area contributed by atoms with Gasteiger partial charge in [-0.3, -0.25) is 4.79 Å². The molecule has 4 rings (SSSR count). The first-order valence-electron chi connectivity index (χ1n) is 7.70. The molecule has 2 aromatic heterocycles. The van der Waals surface area contributed by atoms with Crippen LogP contribution in [0.1, 0.15) is 16.2 Å². The van der Waals surface area contributed by atoms with Gasteiger partial charge in [-0.2, -0.15) is 0 Å². The van der Waals surface area contributed by atoms with E-state index in [2.05, 4.69) is 15.3 Å². The molecule has 0 aliphatic carbocycles. The van der Waals surface area contributed by atoms with Crippen LogP contribution in [-0.2, 0) is 0 Å². The zero-order valence-electron chi connectivity index (χ0n) is 13.7. The first-order chi connectivity index (χ1) is 12.9. The Morgan fingerprint density at radius 3 is 2.74 bits per heavy atom. The van der Waals surface area contributed by atoms with Crippen LogP contribution in [0.4, 0.5) is 13.8 Å². The average molecular weight is 406 g/mol. The largest absolute Gasteiger partial charge is 0.441 e. The number of amides is 1. The van der Waals surface area contributed by atoms with Gasteiger partial charge >= 0.3 is 0 Å². The highest BCUT2D eigenvalue weighted by atomic mass is 35.5. The van der Waals surface area contributed by atoms with E-state index in [4.69, 9.17) is 16.0 Å². The van der Waals surface area contributed by atoms with Crippen LogP contribution < -0.4 is 5.32 Å². The Morgan fingerprint density at radius 1 is 1.26 bits per heavy atom. The van der Waals surface area contributed by atoms with Crippen molar-refractivity contribution in [3.05, 3.63) is 64.6 Å². The van der Waals surface area contributed by atoms with Gasteiger partial charge in [-0.25, -0.2) is 18.7 Å². The number of carbonyl (C=O) groups excluding carboxylic acids is 1. The van der Waals surface area contributed by atoms with E-state index in [1.807, 2.05) is 0 Å².